The number of ether oxygens (including phenoxy) is 1. The van der Waals surface area contributed by atoms with Crippen molar-refractivity contribution in [2.45, 2.75) is 32.8 Å². The van der Waals surface area contributed by atoms with E-state index in [0.717, 1.165) is 10.9 Å². The molecule has 0 saturated heterocycles. The van der Waals surface area contributed by atoms with Crippen molar-refractivity contribution in [2.24, 2.45) is 0 Å². The van der Waals surface area contributed by atoms with Gasteiger partial charge in [-0.05, 0) is 32.9 Å². The van der Waals surface area contributed by atoms with Crippen LogP contribution in [-0.4, -0.2) is 22.3 Å². The quantitative estimate of drug-likeness (QED) is 0.489. The van der Waals surface area contributed by atoms with Crippen molar-refractivity contribution in [1.82, 2.24) is 4.98 Å². The minimum Gasteiger partial charge on any atom is -0.460 e. The Bertz CT molecular complexity index is 656. The Labute approximate surface area is 117 Å². The van der Waals surface area contributed by atoms with Crippen molar-refractivity contribution in [3.05, 3.63) is 42.1 Å². The predicted octanol–water partition coefficient (Wildman–Crippen LogP) is 3.15. The Balaban J connectivity index is 2.13. The van der Waals surface area contributed by atoms with E-state index in [4.69, 9.17) is 4.74 Å². The number of ketones is 1. The number of benzene rings is 1. The number of para-hydroxylation sites is 1. The highest BCUT2D eigenvalue weighted by atomic mass is 16.6. The van der Waals surface area contributed by atoms with Gasteiger partial charge in [-0.2, -0.15) is 0 Å². The van der Waals surface area contributed by atoms with Gasteiger partial charge >= 0.3 is 5.97 Å². The molecule has 104 valence electrons. The second-order valence-corrected chi connectivity index (χ2v) is 5.60. The monoisotopic (exact) mass is 271 g/mol. The van der Waals surface area contributed by atoms with Gasteiger partial charge in [0, 0.05) is 17.1 Å². The number of esters is 1. The molecule has 0 unspecified atom stereocenters. The molecule has 1 heterocycles. The summed E-state index contributed by atoms with van der Waals surface area (Å²) in [5.41, 5.74) is 0.662. The van der Waals surface area contributed by atoms with Crippen LogP contribution >= 0.6 is 0 Å². The third kappa shape index (κ3) is 3.63. The zero-order chi connectivity index (χ0) is 14.8. The molecule has 0 aliphatic carbocycles. The topological polar surface area (TPSA) is 56.3 Å². The zero-order valence-electron chi connectivity index (χ0n) is 11.8. The van der Waals surface area contributed by atoms with Crippen molar-refractivity contribution in [3.63, 3.8) is 0 Å². The molecule has 0 N–H and O–H groups in total. The summed E-state index contributed by atoms with van der Waals surface area (Å²) in [6.07, 6.45) is 1.23. The number of rotatable bonds is 3. The van der Waals surface area contributed by atoms with Gasteiger partial charge in [0.2, 0.25) is 0 Å². The van der Waals surface area contributed by atoms with Crippen LogP contribution < -0.4 is 0 Å². The van der Waals surface area contributed by atoms with Gasteiger partial charge in [-0.15, -0.1) is 0 Å². The zero-order valence-corrected chi connectivity index (χ0v) is 11.8. The molecule has 0 fully saturated rings. The molecular formula is C16H17NO3. The molecule has 2 aromatic rings. The van der Waals surface area contributed by atoms with E-state index in [1.54, 1.807) is 26.8 Å². The second-order valence-electron chi connectivity index (χ2n) is 5.60. The second kappa shape index (κ2) is 5.41. The molecule has 0 aliphatic heterocycles. The Kier molecular flexibility index (Phi) is 3.84. The largest absolute Gasteiger partial charge is 0.460 e. The maximum atomic E-state index is 12.0. The van der Waals surface area contributed by atoms with Crippen LogP contribution in [0.1, 0.15) is 37.6 Å². The molecule has 0 saturated carbocycles. The van der Waals surface area contributed by atoms with E-state index in [1.807, 2.05) is 24.3 Å². The van der Waals surface area contributed by atoms with E-state index < -0.39 is 11.6 Å². The van der Waals surface area contributed by atoms with Gasteiger partial charge in [-0.1, -0.05) is 18.2 Å². The summed E-state index contributed by atoms with van der Waals surface area (Å²) in [4.78, 5) is 27.9. The van der Waals surface area contributed by atoms with Crippen LogP contribution in [0.15, 0.2) is 36.5 Å². The van der Waals surface area contributed by atoms with Crippen molar-refractivity contribution in [2.75, 3.05) is 0 Å². The first-order valence-electron chi connectivity index (χ1n) is 6.45. The standard InChI is InChI=1S/C16H17NO3/c1-16(2,3)20-15(19)9-14(18)12-8-11-6-4-5-7-13(11)17-10-12/h4-8,10H,9H2,1-3H3. The van der Waals surface area contributed by atoms with Crippen molar-refractivity contribution in [1.29, 1.82) is 0 Å². The summed E-state index contributed by atoms with van der Waals surface area (Å²) in [6.45, 7) is 5.31. The number of hydrogen-bond acceptors (Lipinski definition) is 4. The highest BCUT2D eigenvalue weighted by Gasteiger charge is 2.20. The van der Waals surface area contributed by atoms with Crippen molar-refractivity contribution < 1.29 is 14.3 Å². The molecule has 2 rings (SSSR count). The smallest absolute Gasteiger partial charge is 0.314 e. The van der Waals surface area contributed by atoms with Gasteiger partial charge < -0.3 is 4.74 Å². The van der Waals surface area contributed by atoms with Crippen LogP contribution in [0, 0.1) is 0 Å². The molecule has 1 aromatic carbocycles. The Morgan fingerprint density at radius 2 is 1.90 bits per heavy atom. The first-order chi connectivity index (χ1) is 9.35. The summed E-state index contributed by atoms with van der Waals surface area (Å²) in [6, 6.07) is 9.27. The number of aromatic nitrogens is 1. The molecule has 1 aromatic heterocycles. The molecule has 0 spiro atoms. The molecule has 0 radical (unpaired) electrons. The third-order valence-corrected chi connectivity index (χ3v) is 2.64. The number of hydrogen-bond donors (Lipinski definition) is 0. The fourth-order valence-electron chi connectivity index (χ4n) is 1.83. The summed E-state index contributed by atoms with van der Waals surface area (Å²) in [7, 11) is 0. The number of fused-ring (bicyclic) bond motifs is 1. The van der Waals surface area contributed by atoms with Crippen molar-refractivity contribution in [3.8, 4) is 0 Å². The lowest BCUT2D eigenvalue weighted by Crippen LogP contribution is -2.25. The highest BCUT2D eigenvalue weighted by molar-refractivity contribution is 6.07. The Hall–Kier alpha value is -2.23. The van der Waals surface area contributed by atoms with Crippen molar-refractivity contribution >= 4 is 22.7 Å². The fourth-order valence-corrected chi connectivity index (χ4v) is 1.83. The molecular weight excluding hydrogens is 254 g/mol. The normalized spacial score (nSPS) is 11.3. The molecule has 0 aliphatic rings. The van der Waals surface area contributed by atoms with E-state index in [9.17, 15) is 9.59 Å². The number of nitrogens with zero attached hydrogens (tertiary/aromatic N) is 1. The molecule has 4 heteroatoms. The molecule has 0 atom stereocenters. The van der Waals surface area contributed by atoms with Gasteiger partial charge in [-0.25, -0.2) is 0 Å². The number of pyridine rings is 1. The van der Waals surface area contributed by atoms with E-state index in [1.165, 1.54) is 6.20 Å². The average Bonchev–Trinajstić information content (AvgIpc) is 2.35. The van der Waals surface area contributed by atoms with Crippen LogP contribution in [-0.2, 0) is 9.53 Å². The van der Waals surface area contributed by atoms with Crippen LogP contribution in [0.4, 0.5) is 0 Å². The number of Topliss-reactive ketones (excluding diaryl/α,β-unsaturated/α-hetero) is 1. The number of carbonyl (C=O) groups is 2. The van der Waals surface area contributed by atoms with Gasteiger partial charge in [0.15, 0.2) is 5.78 Å². The van der Waals surface area contributed by atoms with Crippen LogP contribution in [0.5, 0.6) is 0 Å². The first-order valence-corrected chi connectivity index (χ1v) is 6.45. The minimum atomic E-state index is -0.584. The summed E-state index contributed by atoms with van der Waals surface area (Å²) >= 11 is 0. The molecule has 20 heavy (non-hydrogen) atoms. The van der Waals surface area contributed by atoms with Gasteiger partial charge in [-0.3, -0.25) is 14.6 Å². The van der Waals surface area contributed by atoms with Crippen LogP contribution in [0.2, 0.25) is 0 Å². The summed E-state index contributed by atoms with van der Waals surface area (Å²) in [5, 5.41) is 0.877. The van der Waals surface area contributed by atoms with Gasteiger partial charge in [0.05, 0.1) is 5.52 Å². The van der Waals surface area contributed by atoms with Crippen LogP contribution in [0.25, 0.3) is 10.9 Å². The Morgan fingerprint density at radius 1 is 1.20 bits per heavy atom. The molecule has 0 amide bonds. The lowest BCUT2D eigenvalue weighted by molar-refractivity contribution is -0.153. The van der Waals surface area contributed by atoms with Crippen LogP contribution in [0.3, 0.4) is 0 Å². The third-order valence-electron chi connectivity index (χ3n) is 2.64. The Morgan fingerprint density at radius 3 is 2.60 bits per heavy atom. The molecule has 0 bridgehead atoms. The fraction of sp³-hybridized carbons (Fsp3) is 0.312. The minimum absolute atomic E-state index is 0.267. The first kappa shape index (κ1) is 14.2. The average molecular weight is 271 g/mol. The summed E-state index contributed by atoms with van der Waals surface area (Å²) in [5.74, 6) is -0.798. The SMILES string of the molecule is CC(C)(C)OC(=O)CC(=O)c1cnc2ccccc2c1. The lowest BCUT2D eigenvalue weighted by Gasteiger charge is -2.19. The van der Waals surface area contributed by atoms with E-state index >= 15 is 0 Å². The highest BCUT2D eigenvalue weighted by Crippen LogP contribution is 2.15. The predicted molar refractivity (Wildman–Crippen MR) is 76.5 cm³/mol. The molecule has 4 nitrogen and oxygen atoms in total. The van der Waals surface area contributed by atoms with E-state index in [-0.39, 0.29) is 12.2 Å². The van der Waals surface area contributed by atoms with Gasteiger partial charge in [0.1, 0.15) is 12.0 Å². The number of carbonyl (C=O) groups excluding carboxylic acids is 2. The van der Waals surface area contributed by atoms with E-state index in [2.05, 4.69) is 4.98 Å². The maximum Gasteiger partial charge on any atom is 0.314 e. The van der Waals surface area contributed by atoms with Gasteiger partial charge in [0.25, 0.3) is 0 Å². The maximum absolute atomic E-state index is 12.0. The summed E-state index contributed by atoms with van der Waals surface area (Å²) < 4.78 is 5.14. The van der Waals surface area contributed by atoms with E-state index in [0.29, 0.717) is 5.56 Å². The lowest BCUT2D eigenvalue weighted by atomic mass is 10.1.